The van der Waals surface area contributed by atoms with Crippen molar-refractivity contribution in [1.29, 1.82) is 0 Å². The first-order valence-corrected chi connectivity index (χ1v) is 6.59. The highest BCUT2D eigenvalue weighted by Crippen LogP contribution is 2.24. The smallest absolute Gasteiger partial charge is 0.328 e. The number of carboxylic acids is 1. The van der Waals surface area contributed by atoms with Gasteiger partial charge in [0.2, 0.25) is 0 Å². The summed E-state index contributed by atoms with van der Waals surface area (Å²) in [4.78, 5) is 23.3. The lowest BCUT2D eigenvalue weighted by molar-refractivity contribution is -0.140. The maximum Gasteiger partial charge on any atom is 0.328 e. The van der Waals surface area contributed by atoms with Gasteiger partial charge in [0.25, 0.3) is 5.56 Å². The number of aliphatic carboxylic acids is 1. The third-order valence-corrected chi connectivity index (χ3v) is 4.00. The second kappa shape index (κ2) is 3.92. The second-order valence-corrected chi connectivity index (χ2v) is 5.29. The molecule has 0 fully saturated rings. The minimum Gasteiger partial charge on any atom is -0.480 e. The first-order valence-electron chi connectivity index (χ1n) is 5.71. The van der Waals surface area contributed by atoms with Crippen LogP contribution < -0.4 is 5.56 Å². The Labute approximate surface area is 111 Å². The molecule has 6 nitrogen and oxygen atoms in total. The summed E-state index contributed by atoms with van der Waals surface area (Å²) in [7, 11) is 0. The molecule has 0 aliphatic heterocycles. The summed E-state index contributed by atoms with van der Waals surface area (Å²) in [6.45, 7) is 3.20. The molecule has 3 aromatic heterocycles. The fourth-order valence-corrected chi connectivity index (χ4v) is 2.97. The van der Waals surface area contributed by atoms with E-state index in [1.165, 1.54) is 18.3 Å². The van der Waals surface area contributed by atoms with Crippen LogP contribution in [0.4, 0.5) is 0 Å². The number of aromatic nitrogens is 3. The first-order chi connectivity index (χ1) is 9.00. The van der Waals surface area contributed by atoms with Gasteiger partial charge in [-0.15, -0.1) is 11.3 Å². The number of hydrogen-bond acceptors (Lipinski definition) is 4. The van der Waals surface area contributed by atoms with E-state index in [9.17, 15) is 9.59 Å². The van der Waals surface area contributed by atoms with Crippen molar-refractivity contribution >= 4 is 33.0 Å². The molecule has 0 aliphatic rings. The van der Waals surface area contributed by atoms with Crippen molar-refractivity contribution in [2.45, 2.75) is 19.9 Å². The van der Waals surface area contributed by atoms with E-state index in [1.54, 1.807) is 17.4 Å². The Morgan fingerprint density at radius 3 is 2.89 bits per heavy atom. The van der Waals surface area contributed by atoms with Gasteiger partial charge in [-0.1, -0.05) is 0 Å². The average Bonchev–Trinajstić information content (AvgIpc) is 2.92. The largest absolute Gasteiger partial charge is 0.480 e. The molecule has 0 saturated heterocycles. The number of hydrogen-bond donors (Lipinski definition) is 1. The van der Waals surface area contributed by atoms with E-state index in [0.29, 0.717) is 11.3 Å². The minimum absolute atomic E-state index is 0.385. The number of thiophene rings is 1. The van der Waals surface area contributed by atoms with Gasteiger partial charge in [-0.3, -0.25) is 9.20 Å². The molecule has 0 radical (unpaired) electrons. The Morgan fingerprint density at radius 2 is 2.21 bits per heavy atom. The van der Waals surface area contributed by atoms with Gasteiger partial charge in [0.15, 0.2) is 6.04 Å². The zero-order valence-electron chi connectivity index (χ0n) is 10.3. The molecule has 3 aromatic rings. The highest BCUT2D eigenvalue weighted by molar-refractivity contribution is 7.17. The van der Waals surface area contributed by atoms with Crippen LogP contribution in [0.1, 0.15) is 18.8 Å². The molecule has 0 spiro atoms. The van der Waals surface area contributed by atoms with Gasteiger partial charge in [0.05, 0.1) is 10.2 Å². The van der Waals surface area contributed by atoms with Gasteiger partial charge >= 0.3 is 5.97 Å². The molecular formula is C12H11N3O3S. The summed E-state index contributed by atoms with van der Waals surface area (Å²) in [5.74, 6) is -0.484. The molecule has 3 heterocycles. The second-order valence-electron chi connectivity index (χ2n) is 4.35. The summed E-state index contributed by atoms with van der Waals surface area (Å²) in [5, 5.41) is 15.1. The van der Waals surface area contributed by atoms with Crippen LogP contribution in [0, 0.1) is 6.92 Å². The van der Waals surface area contributed by atoms with Crippen LogP contribution in [0.5, 0.6) is 0 Å². The predicted octanol–water partition coefficient (Wildman–Crippen LogP) is 1.66. The molecule has 0 aliphatic carbocycles. The molecule has 98 valence electrons. The number of carboxylic acid groups (broad SMARTS) is 1. The molecule has 1 N–H and O–H groups in total. The highest BCUT2D eigenvalue weighted by atomic mass is 32.1. The molecule has 19 heavy (non-hydrogen) atoms. The van der Waals surface area contributed by atoms with Crippen LogP contribution in [0.25, 0.3) is 15.7 Å². The third-order valence-electron chi connectivity index (χ3n) is 3.15. The van der Waals surface area contributed by atoms with Crippen molar-refractivity contribution in [3.63, 3.8) is 0 Å². The Hall–Kier alpha value is -2.15. The first kappa shape index (κ1) is 11.9. The molecule has 0 aromatic carbocycles. The number of carbonyl (C=O) groups is 1. The average molecular weight is 277 g/mol. The fourth-order valence-electron chi connectivity index (χ4n) is 2.16. The summed E-state index contributed by atoms with van der Waals surface area (Å²) in [6, 6.07) is 2.72. The maximum atomic E-state index is 12.3. The predicted molar refractivity (Wildman–Crippen MR) is 71.9 cm³/mol. The zero-order chi connectivity index (χ0) is 13.7. The number of nitrogens with zero attached hydrogens (tertiary/aromatic N) is 3. The Bertz CT molecular complexity index is 858. The SMILES string of the molecule is Cc1nn([C@@H](C)C(=O)O)c(=O)c2cc3sccc3n12. The van der Waals surface area contributed by atoms with Gasteiger partial charge in [0.1, 0.15) is 11.3 Å². The van der Waals surface area contributed by atoms with Crippen LogP contribution in [0.3, 0.4) is 0 Å². The number of fused-ring (bicyclic) bond motifs is 3. The van der Waals surface area contributed by atoms with E-state index in [-0.39, 0.29) is 5.56 Å². The fraction of sp³-hybridized carbons (Fsp3) is 0.250. The van der Waals surface area contributed by atoms with Crippen LogP contribution in [-0.4, -0.2) is 25.3 Å². The standard InChI is InChI=1S/C12H11N3O3S/c1-6(12(17)18)15-11(16)9-5-10-8(3-4-19-10)14(9)7(2)13-15/h3-6H,1-2H3,(H,17,18)/t6-/m0/s1. The topological polar surface area (TPSA) is 76.6 Å². The molecule has 3 rings (SSSR count). The third kappa shape index (κ3) is 1.58. The van der Waals surface area contributed by atoms with Crippen LogP contribution in [0.15, 0.2) is 22.3 Å². The van der Waals surface area contributed by atoms with Crippen molar-refractivity contribution in [1.82, 2.24) is 14.2 Å². The Kier molecular flexibility index (Phi) is 2.46. The quantitative estimate of drug-likeness (QED) is 0.773. The van der Waals surface area contributed by atoms with Crippen molar-refractivity contribution in [2.24, 2.45) is 0 Å². The van der Waals surface area contributed by atoms with E-state index in [1.807, 2.05) is 11.4 Å². The van der Waals surface area contributed by atoms with Crippen LogP contribution >= 0.6 is 11.3 Å². The van der Waals surface area contributed by atoms with Crippen molar-refractivity contribution < 1.29 is 9.90 Å². The molecule has 0 unspecified atom stereocenters. The van der Waals surface area contributed by atoms with Crippen LogP contribution in [0.2, 0.25) is 0 Å². The van der Waals surface area contributed by atoms with Gasteiger partial charge < -0.3 is 5.11 Å². The lowest BCUT2D eigenvalue weighted by Gasteiger charge is -2.11. The van der Waals surface area contributed by atoms with E-state index in [2.05, 4.69) is 5.10 Å². The van der Waals surface area contributed by atoms with Gasteiger partial charge in [-0.25, -0.2) is 9.48 Å². The highest BCUT2D eigenvalue weighted by Gasteiger charge is 2.20. The Balaban J connectivity index is 2.43. The van der Waals surface area contributed by atoms with Gasteiger partial charge in [-0.05, 0) is 31.4 Å². The lowest BCUT2D eigenvalue weighted by Crippen LogP contribution is -2.32. The van der Waals surface area contributed by atoms with Gasteiger partial charge in [-0.2, -0.15) is 5.10 Å². The number of rotatable bonds is 2. The van der Waals surface area contributed by atoms with Crippen molar-refractivity contribution in [3.05, 3.63) is 33.7 Å². The Morgan fingerprint density at radius 1 is 1.47 bits per heavy atom. The minimum atomic E-state index is -1.08. The normalized spacial score (nSPS) is 13.2. The van der Waals surface area contributed by atoms with Crippen LogP contribution in [-0.2, 0) is 4.79 Å². The summed E-state index contributed by atoms with van der Waals surface area (Å²) in [6.07, 6.45) is 0. The van der Waals surface area contributed by atoms with E-state index in [0.717, 1.165) is 14.9 Å². The molecular weight excluding hydrogens is 266 g/mol. The van der Waals surface area contributed by atoms with Crippen molar-refractivity contribution in [3.8, 4) is 0 Å². The summed E-state index contributed by atoms with van der Waals surface area (Å²) in [5.41, 5.74) is 1.00. The maximum absolute atomic E-state index is 12.3. The number of aryl methyl sites for hydroxylation is 1. The molecule has 7 heteroatoms. The van der Waals surface area contributed by atoms with Crippen molar-refractivity contribution in [2.75, 3.05) is 0 Å². The lowest BCUT2D eigenvalue weighted by atomic mass is 10.3. The molecule has 0 amide bonds. The van der Waals surface area contributed by atoms with E-state index in [4.69, 9.17) is 5.11 Å². The monoisotopic (exact) mass is 277 g/mol. The van der Waals surface area contributed by atoms with E-state index >= 15 is 0 Å². The summed E-state index contributed by atoms with van der Waals surface area (Å²) < 4.78 is 3.78. The molecule has 0 bridgehead atoms. The van der Waals surface area contributed by atoms with Gasteiger partial charge in [0, 0.05) is 0 Å². The molecule has 1 atom stereocenters. The van der Waals surface area contributed by atoms with E-state index < -0.39 is 12.0 Å². The zero-order valence-corrected chi connectivity index (χ0v) is 11.1. The molecule has 0 saturated carbocycles. The summed E-state index contributed by atoms with van der Waals surface area (Å²) >= 11 is 1.54.